The van der Waals surface area contributed by atoms with Crippen LogP contribution < -0.4 is 4.90 Å². The Balaban J connectivity index is 3.01. The van der Waals surface area contributed by atoms with Gasteiger partial charge in [0.15, 0.2) is 11.6 Å². The van der Waals surface area contributed by atoms with Gasteiger partial charge in [-0.2, -0.15) is 0 Å². The normalized spacial score (nSPS) is 10.9. The first kappa shape index (κ1) is 14.2. The molecule has 1 heterocycles. The molecule has 0 unspecified atom stereocenters. The predicted molar refractivity (Wildman–Crippen MR) is 69.2 cm³/mol. The average Bonchev–Trinajstić information content (AvgIpc) is 2.31. The molecule has 0 fully saturated rings. The molecule has 0 aliphatic carbocycles. The van der Waals surface area contributed by atoms with Gasteiger partial charge in [-0.3, -0.25) is 0 Å². The molecule has 0 saturated heterocycles. The van der Waals surface area contributed by atoms with Crippen LogP contribution in [0.5, 0.6) is 0 Å². The van der Waals surface area contributed by atoms with E-state index in [4.69, 9.17) is 11.6 Å². The van der Waals surface area contributed by atoms with E-state index in [1.165, 1.54) is 6.33 Å². The molecule has 0 radical (unpaired) electrons. The molecule has 0 aromatic carbocycles. The van der Waals surface area contributed by atoms with Gasteiger partial charge in [0.2, 0.25) is 0 Å². The molecule has 17 heavy (non-hydrogen) atoms. The smallest absolute Gasteiger partial charge is 0.187 e. The molecule has 0 saturated carbocycles. The molecule has 0 amide bonds. The number of aromatic nitrogens is 2. The van der Waals surface area contributed by atoms with E-state index in [1.54, 1.807) is 0 Å². The Labute approximate surface area is 107 Å². The first-order valence-corrected chi connectivity index (χ1v) is 6.47. The topological polar surface area (TPSA) is 29.0 Å². The summed E-state index contributed by atoms with van der Waals surface area (Å²) in [6, 6.07) is 0.187. The Hall–Kier alpha value is -0.900. The Morgan fingerprint density at radius 3 is 2.65 bits per heavy atom. The molecule has 0 aliphatic heterocycles. The number of rotatable bonds is 6. The largest absolute Gasteiger partial charge is 0.352 e. The van der Waals surface area contributed by atoms with Crippen molar-refractivity contribution in [2.24, 2.45) is 0 Å². The molecule has 0 aliphatic rings. The standard InChI is InChI=1S/C12H19ClFN3/c1-4-10-11(14)12(16-8-15-10)17(9(2)3)7-5-6-13/h8-9H,4-7H2,1-3H3. The Kier molecular flexibility index (Phi) is 5.62. The second-order valence-electron chi connectivity index (χ2n) is 4.14. The second kappa shape index (κ2) is 6.74. The minimum Gasteiger partial charge on any atom is -0.352 e. The van der Waals surface area contributed by atoms with Crippen LogP contribution in [0.4, 0.5) is 10.2 Å². The fourth-order valence-electron chi connectivity index (χ4n) is 1.68. The van der Waals surface area contributed by atoms with Gasteiger partial charge < -0.3 is 4.90 Å². The zero-order chi connectivity index (χ0) is 12.8. The summed E-state index contributed by atoms with van der Waals surface area (Å²) in [4.78, 5) is 9.93. The van der Waals surface area contributed by atoms with Crippen LogP contribution in [-0.4, -0.2) is 28.4 Å². The predicted octanol–water partition coefficient (Wildman–Crippen LogP) is 3.02. The molecule has 1 rings (SSSR count). The lowest BCUT2D eigenvalue weighted by molar-refractivity contribution is 0.566. The van der Waals surface area contributed by atoms with Crippen LogP contribution in [0.25, 0.3) is 0 Å². The van der Waals surface area contributed by atoms with Gasteiger partial charge in [0.1, 0.15) is 6.33 Å². The highest BCUT2D eigenvalue weighted by Gasteiger charge is 2.18. The molecule has 0 N–H and O–H groups in total. The maximum Gasteiger partial charge on any atom is 0.187 e. The fourth-order valence-corrected chi connectivity index (χ4v) is 1.80. The van der Waals surface area contributed by atoms with Crippen molar-refractivity contribution in [2.45, 2.75) is 39.7 Å². The highest BCUT2D eigenvalue weighted by atomic mass is 35.5. The third-order valence-electron chi connectivity index (χ3n) is 2.61. The summed E-state index contributed by atoms with van der Waals surface area (Å²) >= 11 is 5.68. The van der Waals surface area contributed by atoms with Gasteiger partial charge in [0, 0.05) is 18.5 Å². The minimum absolute atomic E-state index is 0.187. The molecular formula is C12H19ClFN3. The Bertz CT molecular complexity index is 358. The van der Waals surface area contributed by atoms with E-state index in [-0.39, 0.29) is 11.9 Å². The Morgan fingerprint density at radius 2 is 2.12 bits per heavy atom. The lowest BCUT2D eigenvalue weighted by Gasteiger charge is -2.28. The minimum atomic E-state index is -0.307. The average molecular weight is 260 g/mol. The lowest BCUT2D eigenvalue weighted by atomic mass is 10.2. The van der Waals surface area contributed by atoms with Crippen LogP contribution in [-0.2, 0) is 6.42 Å². The number of hydrogen-bond donors (Lipinski definition) is 0. The summed E-state index contributed by atoms with van der Waals surface area (Å²) < 4.78 is 14.1. The van der Waals surface area contributed by atoms with Crippen molar-refractivity contribution >= 4 is 17.4 Å². The van der Waals surface area contributed by atoms with Gasteiger partial charge in [0.05, 0.1) is 5.69 Å². The van der Waals surface area contributed by atoms with Crippen LogP contribution in [0.3, 0.4) is 0 Å². The first-order valence-electron chi connectivity index (χ1n) is 5.93. The van der Waals surface area contributed by atoms with Gasteiger partial charge in [-0.1, -0.05) is 6.92 Å². The van der Waals surface area contributed by atoms with Crippen LogP contribution in [0.2, 0.25) is 0 Å². The number of hydrogen-bond acceptors (Lipinski definition) is 3. The highest BCUT2D eigenvalue weighted by Crippen LogP contribution is 2.20. The van der Waals surface area contributed by atoms with E-state index in [2.05, 4.69) is 9.97 Å². The van der Waals surface area contributed by atoms with Gasteiger partial charge in [-0.25, -0.2) is 14.4 Å². The molecule has 0 bridgehead atoms. The molecule has 5 heteroatoms. The SMILES string of the molecule is CCc1ncnc(N(CCCCl)C(C)C)c1F. The number of aryl methyl sites for hydroxylation is 1. The fraction of sp³-hybridized carbons (Fsp3) is 0.667. The van der Waals surface area contributed by atoms with Crippen LogP contribution in [0.15, 0.2) is 6.33 Å². The third kappa shape index (κ3) is 3.53. The van der Waals surface area contributed by atoms with Crippen molar-refractivity contribution < 1.29 is 4.39 Å². The number of halogens is 2. The lowest BCUT2D eigenvalue weighted by Crippen LogP contribution is -2.34. The van der Waals surface area contributed by atoms with E-state index >= 15 is 0 Å². The Morgan fingerprint density at radius 1 is 1.41 bits per heavy atom. The summed E-state index contributed by atoms with van der Waals surface area (Å²) in [6.07, 6.45) is 2.81. The molecule has 1 aromatic rings. The zero-order valence-corrected chi connectivity index (χ0v) is 11.3. The van der Waals surface area contributed by atoms with Gasteiger partial charge in [0.25, 0.3) is 0 Å². The van der Waals surface area contributed by atoms with Crippen LogP contribution in [0.1, 0.15) is 32.9 Å². The highest BCUT2D eigenvalue weighted by molar-refractivity contribution is 6.17. The van der Waals surface area contributed by atoms with Crippen molar-refractivity contribution in [3.63, 3.8) is 0 Å². The monoisotopic (exact) mass is 259 g/mol. The number of anilines is 1. The van der Waals surface area contributed by atoms with Gasteiger partial charge >= 0.3 is 0 Å². The number of nitrogens with zero attached hydrogens (tertiary/aromatic N) is 3. The quantitative estimate of drug-likeness (QED) is 0.736. The van der Waals surface area contributed by atoms with Crippen LogP contribution >= 0.6 is 11.6 Å². The summed E-state index contributed by atoms with van der Waals surface area (Å²) in [7, 11) is 0. The van der Waals surface area contributed by atoms with E-state index in [9.17, 15) is 4.39 Å². The summed E-state index contributed by atoms with van der Waals surface area (Å²) in [5.41, 5.74) is 0.464. The van der Waals surface area contributed by atoms with Gasteiger partial charge in [-0.15, -0.1) is 11.6 Å². The first-order chi connectivity index (χ1) is 8.11. The van der Waals surface area contributed by atoms with Crippen molar-refractivity contribution in [3.8, 4) is 0 Å². The number of alkyl halides is 1. The second-order valence-corrected chi connectivity index (χ2v) is 4.52. The van der Waals surface area contributed by atoms with Gasteiger partial charge in [-0.05, 0) is 26.7 Å². The maximum atomic E-state index is 14.1. The molecule has 0 atom stereocenters. The molecule has 0 spiro atoms. The molecule has 96 valence electrons. The molecule has 3 nitrogen and oxygen atoms in total. The van der Waals surface area contributed by atoms with Crippen molar-refractivity contribution in [1.82, 2.24) is 9.97 Å². The van der Waals surface area contributed by atoms with E-state index in [0.29, 0.717) is 30.4 Å². The summed E-state index contributed by atoms with van der Waals surface area (Å²) in [5.74, 6) is 0.645. The van der Waals surface area contributed by atoms with Crippen molar-refractivity contribution in [3.05, 3.63) is 17.8 Å². The van der Waals surface area contributed by atoms with Crippen molar-refractivity contribution in [2.75, 3.05) is 17.3 Å². The molecular weight excluding hydrogens is 241 g/mol. The van der Waals surface area contributed by atoms with E-state index in [0.717, 1.165) is 6.42 Å². The molecule has 1 aromatic heterocycles. The summed E-state index contributed by atoms with van der Waals surface area (Å²) in [5, 5.41) is 0. The van der Waals surface area contributed by atoms with Crippen molar-refractivity contribution in [1.29, 1.82) is 0 Å². The van der Waals surface area contributed by atoms with E-state index < -0.39 is 0 Å². The van der Waals surface area contributed by atoms with E-state index in [1.807, 2.05) is 25.7 Å². The summed E-state index contributed by atoms with van der Waals surface area (Å²) in [6.45, 7) is 6.62. The zero-order valence-electron chi connectivity index (χ0n) is 10.6. The van der Waals surface area contributed by atoms with Crippen LogP contribution in [0, 0.1) is 5.82 Å². The third-order valence-corrected chi connectivity index (χ3v) is 2.87. The maximum absolute atomic E-state index is 14.1.